The molecular formula is C64H113NO8. The van der Waals surface area contributed by atoms with Crippen LogP contribution in [0.25, 0.3) is 0 Å². The van der Waals surface area contributed by atoms with Gasteiger partial charge in [-0.25, -0.2) is 0 Å². The molecule has 0 saturated carbocycles. The summed E-state index contributed by atoms with van der Waals surface area (Å²) in [5, 5.41) is 54.4. The zero-order chi connectivity index (χ0) is 52.9. The van der Waals surface area contributed by atoms with Gasteiger partial charge in [0.2, 0.25) is 5.91 Å². The predicted octanol–water partition coefficient (Wildman–Crippen LogP) is 15.4. The number of nitrogens with one attached hydrogen (secondary N) is 1. The van der Waals surface area contributed by atoms with E-state index in [-0.39, 0.29) is 12.5 Å². The summed E-state index contributed by atoms with van der Waals surface area (Å²) < 4.78 is 11.2. The van der Waals surface area contributed by atoms with Gasteiger partial charge in [-0.05, 0) is 77.0 Å². The maximum atomic E-state index is 13.0. The van der Waals surface area contributed by atoms with Crippen LogP contribution in [-0.2, 0) is 14.3 Å². The van der Waals surface area contributed by atoms with Gasteiger partial charge in [-0.1, -0.05) is 259 Å². The van der Waals surface area contributed by atoms with Crippen LogP contribution in [0.1, 0.15) is 258 Å². The van der Waals surface area contributed by atoms with Gasteiger partial charge in [-0.3, -0.25) is 4.79 Å². The van der Waals surface area contributed by atoms with Crippen LogP contribution >= 0.6 is 0 Å². The second-order valence-corrected chi connectivity index (χ2v) is 20.8. The van der Waals surface area contributed by atoms with E-state index in [2.05, 4.69) is 92.1 Å². The van der Waals surface area contributed by atoms with Crippen molar-refractivity contribution >= 4 is 5.91 Å². The first-order valence-corrected chi connectivity index (χ1v) is 30.3. The Morgan fingerprint density at radius 2 is 0.863 bits per heavy atom. The lowest BCUT2D eigenvalue weighted by atomic mass is 9.99. The van der Waals surface area contributed by atoms with Crippen molar-refractivity contribution in [3.05, 3.63) is 85.1 Å². The summed E-state index contributed by atoms with van der Waals surface area (Å²) in [6, 6.07) is -0.822. The van der Waals surface area contributed by atoms with Gasteiger partial charge in [0.1, 0.15) is 24.4 Å². The molecule has 1 fully saturated rings. The first-order valence-electron chi connectivity index (χ1n) is 30.3. The third kappa shape index (κ3) is 42.2. The van der Waals surface area contributed by atoms with Gasteiger partial charge >= 0.3 is 0 Å². The molecule has 1 aliphatic rings. The summed E-state index contributed by atoms with van der Waals surface area (Å²) in [5.74, 6) is -0.186. The number of allylic oxidation sites excluding steroid dienone is 13. The molecule has 7 unspecified atom stereocenters. The number of hydrogen-bond acceptors (Lipinski definition) is 8. The average Bonchev–Trinajstić information content (AvgIpc) is 3.39. The Morgan fingerprint density at radius 3 is 1.32 bits per heavy atom. The highest BCUT2D eigenvalue weighted by Gasteiger charge is 2.44. The molecule has 9 nitrogen and oxygen atoms in total. The lowest BCUT2D eigenvalue weighted by Gasteiger charge is -2.40. The summed E-state index contributed by atoms with van der Waals surface area (Å²) >= 11 is 0. The molecule has 1 amide bonds. The molecule has 422 valence electrons. The van der Waals surface area contributed by atoms with Gasteiger partial charge in [-0.2, -0.15) is 0 Å². The van der Waals surface area contributed by atoms with Crippen LogP contribution in [-0.4, -0.2) is 87.5 Å². The smallest absolute Gasteiger partial charge is 0.220 e. The van der Waals surface area contributed by atoms with Crippen LogP contribution in [0.3, 0.4) is 0 Å². The van der Waals surface area contributed by atoms with Gasteiger partial charge in [0, 0.05) is 6.42 Å². The molecule has 9 heteroatoms. The third-order valence-electron chi connectivity index (χ3n) is 14.0. The summed E-state index contributed by atoms with van der Waals surface area (Å²) in [6.45, 7) is 3.64. The van der Waals surface area contributed by atoms with E-state index >= 15 is 0 Å². The Balaban J connectivity index is 2.08. The van der Waals surface area contributed by atoms with Gasteiger partial charge in [0.05, 0.1) is 25.4 Å². The molecule has 0 aromatic heterocycles. The number of carbonyl (C=O) groups is 1. The monoisotopic (exact) mass is 1020 g/mol. The molecule has 1 aliphatic heterocycles. The Kier molecular flexibility index (Phi) is 49.5. The first-order chi connectivity index (χ1) is 35.8. The molecule has 6 N–H and O–H groups in total. The highest BCUT2D eigenvalue weighted by molar-refractivity contribution is 5.76. The number of hydrogen-bond donors (Lipinski definition) is 6. The van der Waals surface area contributed by atoms with Gasteiger partial charge < -0.3 is 40.3 Å². The van der Waals surface area contributed by atoms with Crippen molar-refractivity contribution in [2.75, 3.05) is 13.2 Å². The SMILES string of the molecule is CC/C=C\C/C=C\C/C=C\C/C=C\C/C=C\CCCCCCCCCCCCCCCCCCCCCCCC(=O)NC(COC1OC(CO)C(O)C(O)C1O)C(O)/C=C/CC/C=C/CCCCCCCCC. The van der Waals surface area contributed by atoms with Crippen molar-refractivity contribution in [1.29, 1.82) is 0 Å². The molecule has 1 saturated heterocycles. The quantitative estimate of drug-likeness (QED) is 0.0261. The fourth-order valence-electron chi connectivity index (χ4n) is 9.20. The second kappa shape index (κ2) is 52.8. The van der Waals surface area contributed by atoms with E-state index in [0.717, 1.165) is 70.6 Å². The number of rotatable bonds is 51. The molecule has 0 spiro atoms. The van der Waals surface area contributed by atoms with Crippen molar-refractivity contribution < 1.29 is 39.8 Å². The fraction of sp³-hybridized carbons (Fsp3) is 0.766. The summed E-state index contributed by atoms with van der Waals surface area (Å²) in [7, 11) is 0. The number of amides is 1. The maximum absolute atomic E-state index is 13.0. The Hall–Kier alpha value is -2.63. The number of aliphatic hydroxyl groups is 5. The molecular weight excluding hydrogens is 911 g/mol. The molecule has 7 atom stereocenters. The molecule has 0 aromatic carbocycles. The Bertz CT molecular complexity index is 1420. The molecule has 0 bridgehead atoms. The molecule has 1 heterocycles. The highest BCUT2D eigenvalue weighted by Crippen LogP contribution is 2.23. The topological polar surface area (TPSA) is 149 Å². The first kappa shape index (κ1) is 68.4. The molecule has 73 heavy (non-hydrogen) atoms. The largest absolute Gasteiger partial charge is 0.394 e. The Labute approximate surface area is 448 Å². The summed E-state index contributed by atoms with van der Waals surface area (Å²) in [6.07, 6.45) is 68.2. The number of aliphatic hydroxyl groups excluding tert-OH is 5. The van der Waals surface area contributed by atoms with E-state index in [1.54, 1.807) is 6.08 Å². The fourth-order valence-corrected chi connectivity index (χ4v) is 9.20. The van der Waals surface area contributed by atoms with Crippen LogP contribution in [0.5, 0.6) is 0 Å². The van der Waals surface area contributed by atoms with E-state index in [4.69, 9.17) is 9.47 Å². The van der Waals surface area contributed by atoms with Crippen molar-refractivity contribution in [1.82, 2.24) is 5.32 Å². The van der Waals surface area contributed by atoms with Crippen LogP contribution < -0.4 is 5.32 Å². The van der Waals surface area contributed by atoms with Crippen molar-refractivity contribution in [2.24, 2.45) is 0 Å². The van der Waals surface area contributed by atoms with Crippen LogP contribution in [0.15, 0.2) is 85.1 Å². The number of ether oxygens (including phenoxy) is 2. The molecule has 0 radical (unpaired) electrons. The normalized spacial score (nSPS) is 19.7. The standard InChI is InChI=1S/C64H113NO8/c1-3-5-7-9-11-13-15-17-18-19-20-21-22-23-24-25-26-27-28-29-30-31-32-33-34-35-36-37-38-39-40-42-44-46-48-50-52-54-60(68)65-57(56-72-64-63(71)62(70)61(69)59(55-66)73-64)58(67)53-51-49-47-45-43-41-16-14-12-10-8-6-4-2/h5,7,11,13,17-18,20-21,23-24,43,45,51,53,57-59,61-64,66-67,69-71H,3-4,6,8-10,12,14-16,19,22,25-42,44,46-50,52,54-56H2,1-2H3,(H,65,68)/b7-5-,13-11-,18-17-,21-20-,24-23-,45-43+,53-51+. The van der Waals surface area contributed by atoms with Gasteiger partial charge in [0.25, 0.3) is 0 Å². The second-order valence-electron chi connectivity index (χ2n) is 20.8. The lowest BCUT2D eigenvalue weighted by Crippen LogP contribution is -2.60. The minimum Gasteiger partial charge on any atom is -0.394 e. The lowest BCUT2D eigenvalue weighted by molar-refractivity contribution is -0.302. The minimum atomic E-state index is -1.57. The average molecular weight is 1020 g/mol. The maximum Gasteiger partial charge on any atom is 0.220 e. The minimum absolute atomic E-state index is 0.186. The van der Waals surface area contributed by atoms with Gasteiger partial charge in [-0.15, -0.1) is 0 Å². The summed E-state index contributed by atoms with van der Waals surface area (Å²) in [5.41, 5.74) is 0. The third-order valence-corrected chi connectivity index (χ3v) is 14.0. The zero-order valence-electron chi connectivity index (χ0n) is 46.9. The predicted molar refractivity (Wildman–Crippen MR) is 308 cm³/mol. The van der Waals surface area contributed by atoms with Crippen LogP contribution in [0.4, 0.5) is 0 Å². The van der Waals surface area contributed by atoms with Crippen molar-refractivity contribution in [3.63, 3.8) is 0 Å². The van der Waals surface area contributed by atoms with E-state index in [0.29, 0.717) is 6.42 Å². The summed E-state index contributed by atoms with van der Waals surface area (Å²) in [4.78, 5) is 13.0. The van der Waals surface area contributed by atoms with Crippen molar-refractivity contribution in [3.8, 4) is 0 Å². The van der Waals surface area contributed by atoms with Crippen molar-refractivity contribution in [2.45, 2.75) is 301 Å². The van der Waals surface area contributed by atoms with Crippen LogP contribution in [0, 0.1) is 0 Å². The zero-order valence-corrected chi connectivity index (χ0v) is 46.9. The van der Waals surface area contributed by atoms with Gasteiger partial charge in [0.15, 0.2) is 6.29 Å². The van der Waals surface area contributed by atoms with E-state index < -0.39 is 49.5 Å². The number of unbranched alkanes of at least 4 members (excludes halogenated alkanes) is 29. The van der Waals surface area contributed by atoms with Crippen LogP contribution in [0.2, 0.25) is 0 Å². The molecule has 0 aliphatic carbocycles. The number of carbonyl (C=O) groups excluding carboxylic acids is 1. The Morgan fingerprint density at radius 1 is 0.479 bits per heavy atom. The van der Waals surface area contributed by atoms with E-state index in [1.165, 1.54) is 167 Å². The van der Waals surface area contributed by atoms with E-state index in [9.17, 15) is 30.3 Å². The molecule has 1 rings (SSSR count). The highest BCUT2D eigenvalue weighted by atomic mass is 16.7. The molecule has 0 aromatic rings. The van der Waals surface area contributed by atoms with E-state index in [1.807, 2.05) is 6.08 Å².